The summed E-state index contributed by atoms with van der Waals surface area (Å²) in [6.07, 6.45) is -5.01. The van der Waals surface area contributed by atoms with E-state index in [9.17, 15) is 22.8 Å². The zero-order valence-corrected chi connectivity index (χ0v) is 9.54. The molecule has 0 saturated heterocycles. The van der Waals surface area contributed by atoms with Crippen LogP contribution in [-0.2, 0) is 19.1 Å². The van der Waals surface area contributed by atoms with Crippen molar-refractivity contribution < 1.29 is 32.2 Å². The lowest BCUT2D eigenvalue weighted by molar-refractivity contribution is -0.187. The molecule has 100 valence electrons. The van der Waals surface area contributed by atoms with Gasteiger partial charge in [-0.3, -0.25) is 9.59 Å². The molecule has 5 nitrogen and oxygen atoms in total. The molecule has 0 aliphatic heterocycles. The fraction of sp³-hybridized carbons (Fsp3) is 0.778. The molecule has 0 radical (unpaired) electrons. The first-order valence-corrected chi connectivity index (χ1v) is 4.83. The number of halogens is 3. The molecule has 0 atom stereocenters. The van der Waals surface area contributed by atoms with Crippen LogP contribution in [0.1, 0.15) is 6.92 Å². The van der Waals surface area contributed by atoms with E-state index in [1.807, 2.05) is 0 Å². The van der Waals surface area contributed by atoms with Crippen molar-refractivity contribution in [3.63, 3.8) is 0 Å². The summed E-state index contributed by atoms with van der Waals surface area (Å²) in [6, 6.07) is 0. The molecule has 0 saturated carbocycles. The number of hydrogen-bond donors (Lipinski definition) is 0. The second-order valence-corrected chi connectivity index (χ2v) is 3.02. The molecule has 1 amide bonds. The molecule has 0 aliphatic rings. The van der Waals surface area contributed by atoms with Crippen LogP contribution in [0.15, 0.2) is 0 Å². The average Bonchev–Trinajstić information content (AvgIpc) is 2.22. The predicted octanol–water partition coefficient (Wildman–Crippen LogP) is 0.587. The van der Waals surface area contributed by atoms with Gasteiger partial charge in [-0.2, -0.15) is 13.2 Å². The molecule has 0 aliphatic carbocycles. The molecule has 0 N–H and O–H groups in total. The standard InChI is InChI=1S/C9H14F3NO4/c1-3-17-7(14)6-13(4-5-16-2)8(15)9(10,11)12/h3-6H2,1-2H3. The minimum Gasteiger partial charge on any atom is -0.465 e. The summed E-state index contributed by atoms with van der Waals surface area (Å²) in [6.45, 7) is 0.393. The summed E-state index contributed by atoms with van der Waals surface area (Å²) in [5, 5.41) is 0. The molecular formula is C9H14F3NO4. The summed E-state index contributed by atoms with van der Waals surface area (Å²) < 4.78 is 45.6. The first-order valence-electron chi connectivity index (χ1n) is 4.83. The number of nitrogens with zero attached hydrogens (tertiary/aromatic N) is 1. The number of hydrogen-bond acceptors (Lipinski definition) is 4. The SMILES string of the molecule is CCOC(=O)CN(CCOC)C(=O)C(F)(F)F. The third-order valence-corrected chi connectivity index (χ3v) is 1.72. The van der Waals surface area contributed by atoms with Crippen LogP contribution in [0.3, 0.4) is 0 Å². The number of esters is 1. The Kier molecular flexibility index (Phi) is 6.55. The Morgan fingerprint density at radius 2 is 1.88 bits per heavy atom. The monoisotopic (exact) mass is 257 g/mol. The van der Waals surface area contributed by atoms with Crippen molar-refractivity contribution in [3.05, 3.63) is 0 Å². The van der Waals surface area contributed by atoms with Crippen molar-refractivity contribution >= 4 is 11.9 Å². The smallest absolute Gasteiger partial charge is 0.465 e. The van der Waals surface area contributed by atoms with Gasteiger partial charge in [0.25, 0.3) is 0 Å². The highest BCUT2D eigenvalue weighted by Crippen LogP contribution is 2.18. The van der Waals surface area contributed by atoms with E-state index in [0.717, 1.165) is 0 Å². The Bertz CT molecular complexity index is 267. The van der Waals surface area contributed by atoms with Gasteiger partial charge in [-0.1, -0.05) is 0 Å². The summed E-state index contributed by atoms with van der Waals surface area (Å²) >= 11 is 0. The van der Waals surface area contributed by atoms with E-state index in [1.54, 1.807) is 0 Å². The molecule has 0 spiro atoms. The minimum absolute atomic E-state index is 0.0388. The third kappa shape index (κ3) is 6.10. The molecule has 0 rings (SSSR count). The van der Waals surface area contributed by atoms with Gasteiger partial charge >= 0.3 is 18.1 Å². The lowest BCUT2D eigenvalue weighted by atomic mass is 10.4. The van der Waals surface area contributed by atoms with E-state index in [4.69, 9.17) is 0 Å². The maximum Gasteiger partial charge on any atom is 0.471 e. The Morgan fingerprint density at radius 3 is 2.29 bits per heavy atom. The van der Waals surface area contributed by atoms with E-state index >= 15 is 0 Å². The van der Waals surface area contributed by atoms with Gasteiger partial charge in [-0.05, 0) is 6.92 Å². The van der Waals surface area contributed by atoms with Crippen LogP contribution in [0.4, 0.5) is 13.2 Å². The van der Waals surface area contributed by atoms with Gasteiger partial charge in [0.2, 0.25) is 0 Å². The normalized spacial score (nSPS) is 11.1. The van der Waals surface area contributed by atoms with Crippen molar-refractivity contribution in [2.24, 2.45) is 0 Å². The van der Waals surface area contributed by atoms with Crippen molar-refractivity contribution in [1.29, 1.82) is 0 Å². The number of rotatable bonds is 6. The van der Waals surface area contributed by atoms with E-state index < -0.39 is 24.6 Å². The van der Waals surface area contributed by atoms with Gasteiger partial charge in [0, 0.05) is 13.7 Å². The largest absolute Gasteiger partial charge is 0.471 e. The summed E-state index contributed by atoms with van der Waals surface area (Å²) in [7, 11) is 1.28. The van der Waals surface area contributed by atoms with Crippen molar-refractivity contribution in [1.82, 2.24) is 4.90 Å². The Hall–Kier alpha value is -1.31. The van der Waals surface area contributed by atoms with Crippen molar-refractivity contribution in [3.8, 4) is 0 Å². The second kappa shape index (κ2) is 7.10. The maximum absolute atomic E-state index is 12.2. The molecule has 0 aromatic carbocycles. The van der Waals surface area contributed by atoms with E-state index in [-0.39, 0.29) is 19.8 Å². The molecule has 17 heavy (non-hydrogen) atoms. The zero-order valence-electron chi connectivity index (χ0n) is 9.54. The van der Waals surface area contributed by atoms with Gasteiger partial charge in [0.15, 0.2) is 0 Å². The van der Waals surface area contributed by atoms with Gasteiger partial charge in [0.1, 0.15) is 6.54 Å². The van der Waals surface area contributed by atoms with Crippen molar-refractivity contribution in [2.45, 2.75) is 13.1 Å². The molecule has 0 heterocycles. The lowest BCUT2D eigenvalue weighted by Gasteiger charge is -2.22. The van der Waals surface area contributed by atoms with Gasteiger partial charge in [0.05, 0.1) is 13.2 Å². The Balaban J connectivity index is 4.53. The molecule has 0 fully saturated rings. The molecule has 8 heteroatoms. The number of carbonyl (C=O) groups is 2. The number of amides is 1. The zero-order chi connectivity index (χ0) is 13.5. The number of ether oxygens (including phenoxy) is 2. The molecular weight excluding hydrogens is 243 g/mol. The van der Waals surface area contributed by atoms with Crippen LogP contribution in [0.25, 0.3) is 0 Å². The van der Waals surface area contributed by atoms with Crippen LogP contribution in [0.2, 0.25) is 0 Å². The Morgan fingerprint density at radius 1 is 1.29 bits per heavy atom. The van der Waals surface area contributed by atoms with Gasteiger partial charge in [-0.15, -0.1) is 0 Å². The van der Waals surface area contributed by atoms with Crippen LogP contribution in [0, 0.1) is 0 Å². The first-order chi connectivity index (χ1) is 7.82. The maximum atomic E-state index is 12.2. The third-order valence-electron chi connectivity index (χ3n) is 1.72. The molecule has 0 aromatic heterocycles. The van der Waals surface area contributed by atoms with Crippen LogP contribution in [0.5, 0.6) is 0 Å². The quantitative estimate of drug-likeness (QED) is 0.653. The highest BCUT2D eigenvalue weighted by atomic mass is 19.4. The fourth-order valence-corrected chi connectivity index (χ4v) is 0.996. The van der Waals surface area contributed by atoms with Gasteiger partial charge in [-0.25, -0.2) is 0 Å². The van der Waals surface area contributed by atoms with E-state index in [0.29, 0.717) is 4.90 Å². The first kappa shape index (κ1) is 15.7. The highest BCUT2D eigenvalue weighted by molar-refractivity contribution is 5.85. The average molecular weight is 257 g/mol. The topological polar surface area (TPSA) is 55.8 Å². The molecule has 0 aromatic rings. The fourth-order valence-electron chi connectivity index (χ4n) is 0.996. The lowest BCUT2D eigenvalue weighted by Crippen LogP contribution is -2.45. The summed E-state index contributed by atoms with van der Waals surface area (Å²) in [5.41, 5.74) is 0. The van der Waals surface area contributed by atoms with Crippen LogP contribution < -0.4 is 0 Å². The molecule has 0 bridgehead atoms. The second-order valence-electron chi connectivity index (χ2n) is 3.02. The summed E-state index contributed by atoms with van der Waals surface area (Å²) in [5.74, 6) is -2.97. The van der Waals surface area contributed by atoms with E-state index in [1.165, 1.54) is 14.0 Å². The highest BCUT2D eigenvalue weighted by Gasteiger charge is 2.42. The number of alkyl halides is 3. The number of methoxy groups -OCH3 is 1. The van der Waals surface area contributed by atoms with E-state index in [2.05, 4.69) is 9.47 Å². The number of carbonyl (C=O) groups excluding carboxylic acids is 2. The summed E-state index contributed by atoms with van der Waals surface area (Å²) in [4.78, 5) is 22.3. The molecule has 0 unspecified atom stereocenters. The van der Waals surface area contributed by atoms with Crippen LogP contribution in [-0.4, -0.2) is 56.4 Å². The Labute approximate surface area is 96.5 Å². The minimum atomic E-state index is -5.01. The van der Waals surface area contributed by atoms with Crippen LogP contribution >= 0.6 is 0 Å². The van der Waals surface area contributed by atoms with Crippen molar-refractivity contribution in [2.75, 3.05) is 33.4 Å². The predicted molar refractivity (Wildman–Crippen MR) is 51.1 cm³/mol. The van der Waals surface area contributed by atoms with Gasteiger partial charge < -0.3 is 14.4 Å².